The first-order valence-corrected chi connectivity index (χ1v) is 11.8. The lowest BCUT2D eigenvalue weighted by molar-refractivity contribution is -0.138. The van der Waals surface area contributed by atoms with Crippen LogP contribution in [0.4, 0.5) is 5.69 Å². The van der Waals surface area contributed by atoms with Crippen LogP contribution < -0.4 is 10.2 Å². The summed E-state index contributed by atoms with van der Waals surface area (Å²) in [5.74, 6) is -0.623. The Morgan fingerprint density at radius 1 is 1.06 bits per heavy atom. The van der Waals surface area contributed by atoms with Crippen molar-refractivity contribution in [1.29, 1.82) is 0 Å². The molecular weight excluding hydrogens is 434 g/mol. The number of nitrogens with one attached hydrogen (secondary N) is 1. The zero-order valence-corrected chi connectivity index (χ0v) is 21.1. The van der Waals surface area contributed by atoms with E-state index in [0.717, 1.165) is 5.69 Å². The van der Waals surface area contributed by atoms with Gasteiger partial charge in [0.2, 0.25) is 11.8 Å². The second-order valence-corrected chi connectivity index (χ2v) is 10.2. The quantitative estimate of drug-likeness (QED) is 0.604. The maximum atomic E-state index is 13.6. The third-order valence-electron chi connectivity index (χ3n) is 6.43. The number of hydrogen-bond donors (Lipinski definition) is 1. The monoisotopic (exact) mass is 471 g/mol. The van der Waals surface area contributed by atoms with Crippen molar-refractivity contribution < 1.29 is 19.2 Å². The summed E-state index contributed by atoms with van der Waals surface area (Å²) >= 11 is 0. The minimum absolute atomic E-state index is 0.0330. The first kappa shape index (κ1) is 25.7. The Hall–Kier alpha value is -2.94. The highest BCUT2D eigenvalue weighted by atomic mass is 16.2. The molecule has 2 aliphatic rings. The van der Waals surface area contributed by atoms with Gasteiger partial charge in [-0.15, -0.1) is 0 Å². The van der Waals surface area contributed by atoms with Crippen LogP contribution in [0, 0.1) is 5.92 Å². The molecule has 1 aromatic carbocycles. The fourth-order valence-electron chi connectivity index (χ4n) is 4.80. The van der Waals surface area contributed by atoms with Crippen molar-refractivity contribution in [2.24, 2.45) is 5.92 Å². The molecule has 1 aromatic rings. The van der Waals surface area contributed by atoms with Crippen LogP contribution in [0.5, 0.6) is 0 Å². The molecule has 34 heavy (non-hydrogen) atoms. The van der Waals surface area contributed by atoms with E-state index in [0.29, 0.717) is 24.9 Å². The van der Waals surface area contributed by atoms with E-state index < -0.39 is 12.1 Å². The van der Waals surface area contributed by atoms with Gasteiger partial charge in [0.1, 0.15) is 12.1 Å². The lowest BCUT2D eigenvalue weighted by Crippen LogP contribution is -2.53. The van der Waals surface area contributed by atoms with E-state index in [4.69, 9.17) is 0 Å². The lowest BCUT2D eigenvalue weighted by atomic mass is 10.0. The summed E-state index contributed by atoms with van der Waals surface area (Å²) in [4.78, 5) is 58.9. The van der Waals surface area contributed by atoms with Crippen LogP contribution in [-0.4, -0.2) is 104 Å². The van der Waals surface area contributed by atoms with E-state index in [1.54, 1.807) is 26.8 Å². The van der Waals surface area contributed by atoms with E-state index in [2.05, 4.69) is 5.32 Å². The molecule has 2 aliphatic heterocycles. The first-order chi connectivity index (χ1) is 16.0. The van der Waals surface area contributed by atoms with Crippen LogP contribution in [0.2, 0.25) is 0 Å². The van der Waals surface area contributed by atoms with E-state index in [1.165, 1.54) is 0 Å². The number of hydrogen-bond acceptors (Lipinski definition) is 6. The molecule has 2 fully saturated rings. The number of amides is 3. The average Bonchev–Trinajstić information content (AvgIpc) is 3.33. The number of nitrogens with zero attached hydrogens (tertiary/aromatic N) is 4. The number of benzene rings is 1. The van der Waals surface area contributed by atoms with Gasteiger partial charge in [-0.25, -0.2) is 0 Å². The molecule has 1 N–H and O–H groups in total. The summed E-state index contributed by atoms with van der Waals surface area (Å²) in [6.45, 7) is 4.64. The predicted molar refractivity (Wildman–Crippen MR) is 131 cm³/mol. The van der Waals surface area contributed by atoms with E-state index >= 15 is 0 Å². The van der Waals surface area contributed by atoms with Crippen LogP contribution in [0.15, 0.2) is 24.3 Å². The highest BCUT2D eigenvalue weighted by Gasteiger charge is 2.52. The Labute approximate surface area is 202 Å². The Morgan fingerprint density at radius 3 is 2.26 bits per heavy atom. The number of anilines is 1. The highest BCUT2D eigenvalue weighted by Crippen LogP contribution is 2.31. The Bertz CT molecular complexity index is 928. The van der Waals surface area contributed by atoms with Gasteiger partial charge in [0.15, 0.2) is 5.78 Å². The number of likely N-dealkylation sites (tertiary alicyclic amines) is 2. The van der Waals surface area contributed by atoms with Crippen molar-refractivity contribution in [3.8, 4) is 0 Å². The van der Waals surface area contributed by atoms with Gasteiger partial charge in [-0.3, -0.25) is 19.2 Å². The van der Waals surface area contributed by atoms with Crippen LogP contribution >= 0.6 is 0 Å². The van der Waals surface area contributed by atoms with E-state index in [-0.39, 0.29) is 48.6 Å². The van der Waals surface area contributed by atoms with Gasteiger partial charge in [0.05, 0.1) is 19.1 Å². The maximum absolute atomic E-state index is 13.6. The molecule has 186 valence electrons. The molecule has 0 aromatic heterocycles. The fourth-order valence-corrected chi connectivity index (χ4v) is 4.80. The predicted octanol–water partition coefficient (Wildman–Crippen LogP) is 0.840. The van der Waals surface area contributed by atoms with Gasteiger partial charge in [-0.2, -0.15) is 0 Å². The molecule has 3 unspecified atom stereocenters. The molecule has 0 aliphatic carbocycles. The van der Waals surface area contributed by atoms with Crippen LogP contribution in [0.25, 0.3) is 0 Å². The Kier molecular flexibility index (Phi) is 7.97. The molecule has 3 atom stereocenters. The Morgan fingerprint density at radius 2 is 1.71 bits per heavy atom. The number of Topliss-reactive ketones (excluding diaryl/α,β-unsaturated/α-hetero) is 1. The molecular formula is C25H37N5O4. The molecule has 0 saturated carbocycles. The Balaban J connectivity index is 1.74. The van der Waals surface area contributed by atoms with Crippen molar-refractivity contribution in [2.75, 3.05) is 52.7 Å². The normalized spacial score (nSPS) is 20.6. The lowest BCUT2D eigenvalue weighted by Gasteiger charge is -2.29. The molecule has 3 amide bonds. The van der Waals surface area contributed by atoms with Crippen molar-refractivity contribution in [1.82, 2.24) is 20.0 Å². The van der Waals surface area contributed by atoms with Gasteiger partial charge in [0.25, 0.3) is 5.91 Å². The zero-order chi connectivity index (χ0) is 25.2. The summed E-state index contributed by atoms with van der Waals surface area (Å²) < 4.78 is 0. The summed E-state index contributed by atoms with van der Waals surface area (Å²) in [5, 5.41) is 2.90. The topological polar surface area (TPSA) is 93.3 Å². The molecule has 9 heteroatoms. The van der Waals surface area contributed by atoms with E-state index in [1.807, 2.05) is 59.1 Å². The minimum Gasteiger partial charge on any atom is -0.378 e. The van der Waals surface area contributed by atoms with Crippen LogP contribution in [-0.2, 0) is 14.4 Å². The van der Waals surface area contributed by atoms with Crippen molar-refractivity contribution >= 4 is 29.2 Å². The largest absolute Gasteiger partial charge is 0.378 e. The second kappa shape index (κ2) is 10.5. The average molecular weight is 472 g/mol. The molecule has 3 rings (SSSR count). The van der Waals surface area contributed by atoms with E-state index in [9.17, 15) is 19.2 Å². The highest BCUT2D eigenvalue weighted by molar-refractivity contribution is 6.01. The zero-order valence-electron chi connectivity index (χ0n) is 21.1. The third-order valence-corrected chi connectivity index (χ3v) is 6.43. The number of likely N-dealkylation sites (N-methyl/N-ethyl adjacent to an activating group) is 1. The molecule has 0 spiro atoms. The molecule has 2 heterocycles. The standard InChI is InChI=1S/C25H37N5O4/c1-16(2)13-19(26-24(33)17-7-9-18(10-8-17)28(5)6)25(34)29-12-11-20-23(29)21(31)14-30(20)22(32)15-27(3)4/h7-10,16,19-20,23H,11-15H2,1-6H3,(H,26,33). The number of ketones is 1. The summed E-state index contributed by atoms with van der Waals surface area (Å²) in [6.07, 6.45) is 1.03. The molecule has 0 bridgehead atoms. The van der Waals surface area contributed by atoms with Crippen molar-refractivity contribution in [3.63, 3.8) is 0 Å². The van der Waals surface area contributed by atoms with Crippen molar-refractivity contribution in [2.45, 2.75) is 44.8 Å². The van der Waals surface area contributed by atoms with Gasteiger partial charge in [-0.1, -0.05) is 13.8 Å². The van der Waals surface area contributed by atoms with Gasteiger partial charge >= 0.3 is 0 Å². The number of rotatable bonds is 8. The van der Waals surface area contributed by atoms with Crippen LogP contribution in [0.1, 0.15) is 37.0 Å². The number of fused-ring (bicyclic) bond motifs is 1. The van der Waals surface area contributed by atoms with Crippen LogP contribution in [0.3, 0.4) is 0 Å². The molecule has 2 saturated heterocycles. The summed E-state index contributed by atoms with van der Waals surface area (Å²) in [6, 6.07) is 5.53. The number of carbonyl (C=O) groups excluding carboxylic acids is 4. The number of carbonyl (C=O) groups is 4. The SMILES string of the molecule is CC(C)CC(NC(=O)c1ccc(N(C)C)cc1)C(=O)N1CCC2C1C(=O)CN2C(=O)CN(C)C. The van der Waals surface area contributed by atoms with Gasteiger partial charge < -0.3 is 24.9 Å². The first-order valence-electron chi connectivity index (χ1n) is 11.8. The second-order valence-electron chi connectivity index (χ2n) is 10.2. The van der Waals surface area contributed by atoms with Gasteiger partial charge in [0, 0.05) is 31.9 Å². The minimum atomic E-state index is -0.737. The fraction of sp³-hybridized carbons (Fsp3) is 0.600. The summed E-state index contributed by atoms with van der Waals surface area (Å²) in [5.41, 5.74) is 1.45. The maximum Gasteiger partial charge on any atom is 0.251 e. The molecule has 9 nitrogen and oxygen atoms in total. The third kappa shape index (κ3) is 5.58. The smallest absolute Gasteiger partial charge is 0.251 e. The van der Waals surface area contributed by atoms with Crippen molar-refractivity contribution in [3.05, 3.63) is 29.8 Å². The van der Waals surface area contributed by atoms with Gasteiger partial charge in [-0.05, 0) is 57.1 Å². The summed E-state index contributed by atoms with van der Waals surface area (Å²) in [7, 11) is 7.47. The molecule has 0 radical (unpaired) electrons.